The third-order valence-corrected chi connectivity index (χ3v) is 5.48. The van der Waals surface area contributed by atoms with E-state index in [1.807, 2.05) is 6.07 Å². The maximum absolute atomic E-state index is 12.7. The highest BCUT2D eigenvalue weighted by Crippen LogP contribution is 2.44. The van der Waals surface area contributed by atoms with E-state index in [-0.39, 0.29) is 5.41 Å². The van der Waals surface area contributed by atoms with Gasteiger partial charge in [-0.2, -0.15) is 0 Å². The zero-order chi connectivity index (χ0) is 16.3. The molecule has 1 aliphatic carbocycles. The summed E-state index contributed by atoms with van der Waals surface area (Å²) in [4.78, 5) is 12.7. The maximum Gasteiger partial charge on any atom is 0.143 e. The molecular weight excluding hydrogens is 280 g/mol. The molecule has 1 aliphatic rings. The van der Waals surface area contributed by atoms with Crippen LogP contribution in [0.25, 0.3) is 11.1 Å². The van der Waals surface area contributed by atoms with Crippen LogP contribution >= 0.6 is 0 Å². The minimum absolute atomic E-state index is 0.232. The van der Waals surface area contributed by atoms with Gasteiger partial charge >= 0.3 is 0 Å². The Labute approximate surface area is 139 Å². The maximum atomic E-state index is 12.7. The fourth-order valence-corrected chi connectivity index (χ4v) is 3.92. The number of rotatable bonds is 5. The van der Waals surface area contributed by atoms with E-state index in [0.717, 1.165) is 32.1 Å². The van der Waals surface area contributed by atoms with Crippen molar-refractivity contribution in [2.45, 2.75) is 51.4 Å². The van der Waals surface area contributed by atoms with Crippen molar-refractivity contribution in [1.29, 1.82) is 0 Å². The molecule has 0 radical (unpaired) electrons. The molecule has 0 amide bonds. The van der Waals surface area contributed by atoms with Crippen LogP contribution in [0.3, 0.4) is 0 Å². The minimum atomic E-state index is -0.232. The van der Waals surface area contributed by atoms with Crippen molar-refractivity contribution < 1.29 is 4.79 Å². The van der Waals surface area contributed by atoms with Gasteiger partial charge in [0.1, 0.15) is 5.78 Å². The zero-order valence-electron chi connectivity index (χ0n) is 14.2. The van der Waals surface area contributed by atoms with Crippen LogP contribution in [-0.4, -0.2) is 5.78 Å². The molecule has 1 heteroatoms. The molecule has 0 aromatic heterocycles. The summed E-state index contributed by atoms with van der Waals surface area (Å²) in [6, 6.07) is 19.2. The molecule has 120 valence electrons. The molecule has 0 bridgehead atoms. The van der Waals surface area contributed by atoms with Gasteiger partial charge in [0, 0.05) is 6.42 Å². The Morgan fingerprint density at radius 1 is 1.00 bits per heavy atom. The summed E-state index contributed by atoms with van der Waals surface area (Å²) >= 11 is 0. The predicted molar refractivity (Wildman–Crippen MR) is 96.5 cm³/mol. The fourth-order valence-electron chi connectivity index (χ4n) is 3.92. The first-order chi connectivity index (χ1) is 11.2. The third-order valence-electron chi connectivity index (χ3n) is 5.48. The molecule has 2 atom stereocenters. The Kier molecular flexibility index (Phi) is 4.66. The second kappa shape index (κ2) is 6.70. The quantitative estimate of drug-likeness (QED) is 0.684. The van der Waals surface area contributed by atoms with Gasteiger partial charge in [0.25, 0.3) is 0 Å². The van der Waals surface area contributed by atoms with Crippen LogP contribution in [0.4, 0.5) is 0 Å². The number of benzene rings is 2. The molecule has 0 spiro atoms. The van der Waals surface area contributed by atoms with Gasteiger partial charge in [-0.25, -0.2) is 0 Å². The summed E-state index contributed by atoms with van der Waals surface area (Å²) in [5.74, 6) is 1.04. The van der Waals surface area contributed by atoms with Crippen LogP contribution in [-0.2, 0) is 10.2 Å². The molecule has 23 heavy (non-hydrogen) atoms. The lowest BCUT2D eigenvalue weighted by atomic mass is 9.71. The summed E-state index contributed by atoms with van der Waals surface area (Å²) < 4.78 is 0. The Balaban J connectivity index is 1.93. The smallest absolute Gasteiger partial charge is 0.143 e. The first-order valence-electron chi connectivity index (χ1n) is 8.85. The standard InChI is InChI=1S/C22H26O/c1-3-17(2)16-22(15-7-10-21(22)23)20-13-11-19(12-14-20)18-8-5-4-6-9-18/h4-6,8-9,11-14,17H,3,7,10,15-16H2,1-2H3. The van der Waals surface area contributed by atoms with Gasteiger partial charge in [0.15, 0.2) is 0 Å². The number of carbonyl (C=O) groups excluding carboxylic acids is 1. The summed E-state index contributed by atoms with van der Waals surface area (Å²) in [6.45, 7) is 4.49. The van der Waals surface area contributed by atoms with Gasteiger partial charge in [-0.05, 0) is 41.9 Å². The zero-order valence-corrected chi connectivity index (χ0v) is 14.2. The normalized spacial score (nSPS) is 22.3. The van der Waals surface area contributed by atoms with E-state index in [0.29, 0.717) is 11.7 Å². The van der Waals surface area contributed by atoms with Gasteiger partial charge in [-0.1, -0.05) is 74.9 Å². The highest BCUT2D eigenvalue weighted by molar-refractivity contribution is 5.92. The number of ketones is 1. The van der Waals surface area contributed by atoms with Crippen LogP contribution in [0.1, 0.15) is 51.5 Å². The van der Waals surface area contributed by atoms with E-state index in [4.69, 9.17) is 0 Å². The van der Waals surface area contributed by atoms with E-state index in [2.05, 4.69) is 62.4 Å². The van der Waals surface area contributed by atoms with Gasteiger partial charge < -0.3 is 0 Å². The first kappa shape index (κ1) is 16.0. The van der Waals surface area contributed by atoms with E-state index in [9.17, 15) is 4.79 Å². The molecule has 1 nitrogen and oxygen atoms in total. The topological polar surface area (TPSA) is 17.1 Å². The lowest BCUT2D eigenvalue weighted by Gasteiger charge is -2.31. The molecule has 0 N–H and O–H groups in total. The summed E-state index contributed by atoms with van der Waals surface area (Å²) in [5.41, 5.74) is 3.44. The molecule has 2 unspecified atom stereocenters. The summed E-state index contributed by atoms with van der Waals surface area (Å²) in [6.07, 6.45) is 4.93. The van der Waals surface area contributed by atoms with E-state index < -0.39 is 0 Å². The lowest BCUT2D eigenvalue weighted by molar-refractivity contribution is -0.122. The van der Waals surface area contributed by atoms with Crippen LogP contribution in [0.5, 0.6) is 0 Å². The van der Waals surface area contributed by atoms with Crippen LogP contribution in [0, 0.1) is 5.92 Å². The SMILES string of the molecule is CCC(C)CC1(c2ccc(-c3ccccc3)cc2)CCCC1=O. The molecular formula is C22H26O. The Morgan fingerprint density at radius 2 is 1.65 bits per heavy atom. The Bertz CT molecular complexity index is 656. The number of carbonyl (C=O) groups is 1. The van der Waals surface area contributed by atoms with Crippen LogP contribution in [0.2, 0.25) is 0 Å². The molecule has 1 fully saturated rings. The van der Waals surface area contributed by atoms with Crippen molar-refractivity contribution >= 4 is 5.78 Å². The molecule has 0 heterocycles. The average Bonchev–Trinajstić information content (AvgIpc) is 2.97. The molecule has 0 aliphatic heterocycles. The lowest BCUT2D eigenvalue weighted by Crippen LogP contribution is -2.33. The Morgan fingerprint density at radius 3 is 2.22 bits per heavy atom. The summed E-state index contributed by atoms with van der Waals surface area (Å²) in [5, 5.41) is 0. The van der Waals surface area contributed by atoms with Gasteiger partial charge in [0.2, 0.25) is 0 Å². The molecule has 0 saturated heterocycles. The molecule has 2 aromatic carbocycles. The van der Waals surface area contributed by atoms with Gasteiger partial charge in [-0.3, -0.25) is 4.79 Å². The second-order valence-corrected chi connectivity index (χ2v) is 7.02. The van der Waals surface area contributed by atoms with Crippen molar-refractivity contribution in [3.63, 3.8) is 0 Å². The van der Waals surface area contributed by atoms with Crippen molar-refractivity contribution in [2.75, 3.05) is 0 Å². The van der Waals surface area contributed by atoms with Crippen molar-refractivity contribution in [1.82, 2.24) is 0 Å². The molecule has 2 aromatic rings. The minimum Gasteiger partial charge on any atom is -0.299 e. The van der Waals surface area contributed by atoms with E-state index in [1.54, 1.807) is 0 Å². The highest BCUT2D eigenvalue weighted by atomic mass is 16.1. The van der Waals surface area contributed by atoms with Crippen molar-refractivity contribution in [3.05, 3.63) is 60.2 Å². The number of hydrogen-bond donors (Lipinski definition) is 0. The highest BCUT2D eigenvalue weighted by Gasteiger charge is 2.43. The predicted octanol–water partition coefficient (Wildman–Crippen LogP) is 5.78. The first-order valence-corrected chi connectivity index (χ1v) is 8.85. The van der Waals surface area contributed by atoms with Crippen LogP contribution in [0.15, 0.2) is 54.6 Å². The van der Waals surface area contributed by atoms with Gasteiger partial charge in [-0.15, -0.1) is 0 Å². The largest absolute Gasteiger partial charge is 0.299 e. The van der Waals surface area contributed by atoms with Crippen molar-refractivity contribution in [3.8, 4) is 11.1 Å². The van der Waals surface area contributed by atoms with Crippen molar-refractivity contribution in [2.24, 2.45) is 5.92 Å². The van der Waals surface area contributed by atoms with E-state index >= 15 is 0 Å². The third kappa shape index (κ3) is 3.10. The monoisotopic (exact) mass is 306 g/mol. The fraction of sp³-hybridized carbons (Fsp3) is 0.409. The van der Waals surface area contributed by atoms with E-state index in [1.165, 1.54) is 16.7 Å². The Hall–Kier alpha value is -1.89. The summed E-state index contributed by atoms with van der Waals surface area (Å²) in [7, 11) is 0. The molecule has 1 saturated carbocycles. The molecule has 3 rings (SSSR count). The van der Waals surface area contributed by atoms with Crippen LogP contribution < -0.4 is 0 Å². The van der Waals surface area contributed by atoms with Gasteiger partial charge in [0.05, 0.1) is 5.41 Å². The second-order valence-electron chi connectivity index (χ2n) is 7.02. The average molecular weight is 306 g/mol. The number of hydrogen-bond acceptors (Lipinski definition) is 1. The number of Topliss-reactive ketones (excluding diaryl/α,β-unsaturated/α-hetero) is 1.